The quantitative estimate of drug-likeness (QED) is 0.374. The van der Waals surface area contributed by atoms with Gasteiger partial charge in [-0.15, -0.1) is 0 Å². The Labute approximate surface area is 208 Å². The summed E-state index contributed by atoms with van der Waals surface area (Å²) in [5, 5.41) is 3.02. The lowest BCUT2D eigenvalue weighted by atomic mass is 9.76. The lowest BCUT2D eigenvalue weighted by Crippen LogP contribution is -2.59. The fourth-order valence-electron chi connectivity index (χ4n) is 4.62. The first-order valence-corrected chi connectivity index (χ1v) is 12.3. The number of unbranched alkanes of at least 4 members (excludes halogenated alkanes) is 1. The summed E-state index contributed by atoms with van der Waals surface area (Å²) in [6.45, 7) is 6.21. The molecule has 3 aromatic rings. The van der Waals surface area contributed by atoms with Crippen LogP contribution in [0.5, 0.6) is 0 Å². The molecule has 0 fully saturated rings. The van der Waals surface area contributed by atoms with Crippen LogP contribution in [0, 0.1) is 11.7 Å². The van der Waals surface area contributed by atoms with Gasteiger partial charge >= 0.3 is 0 Å². The molecule has 0 saturated heterocycles. The molecule has 0 aliphatic heterocycles. The highest BCUT2D eigenvalue weighted by Crippen LogP contribution is 2.37. The van der Waals surface area contributed by atoms with E-state index in [1.54, 1.807) is 24.1 Å². The van der Waals surface area contributed by atoms with Crippen LogP contribution in [0.1, 0.15) is 51.2 Å². The SMILES string of the molecule is CCCCC(=O)N(C)[C@@](C(=O)NCc1ccc(F)cc1)(c1ccc(-c2ccccc2)cc1)C(C)C. The van der Waals surface area contributed by atoms with E-state index in [-0.39, 0.29) is 30.1 Å². The van der Waals surface area contributed by atoms with E-state index in [2.05, 4.69) is 5.32 Å². The molecule has 4 nitrogen and oxygen atoms in total. The molecule has 2 amide bonds. The topological polar surface area (TPSA) is 49.4 Å². The Morgan fingerprint density at radius 2 is 1.51 bits per heavy atom. The van der Waals surface area contributed by atoms with E-state index >= 15 is 0 Å². The molecule has 3 aromatic carbocycles. The van der Waals surface area contributed by atoms with Crippen molar-refractivity contribution in [2.24, 2.45) is 5.92 Å². The van der Waals surface area contributed by atoms with E-state index in [1.165, 1.54) is 12.1 Å². The van der Waals surface area contributed by atoms with Gasteiger partial charge in [0.15, 0.2) is 0 Å². The van der Waals surface area contributed by atoms with Crippen LogP contribution in [0.3, 0.4) is 0 Å². The van der Waals surface area contributed by atoms with Gasteiger partial charge in [-0.25, -0.2) is 4.39 Å². The van der Waals surface area contributed by atoms with Crippen molar-refractivity contribution >= 4 is 11.8 Å². The van der Waals surface area contributed by atoms with Gasteiger partial charge < -0.3 is 10.2 Å². The van der Waals surface area contributed by atoms with Gasteiger partial charge in [0, 0.05) is 20.0 Å². The normalized spacial score (nSPS) is 12.7. The number of halogens is 1. The van der Waals surface area contributed by atoms with Crippen molar-refractivity contribution in [1.82, 2.24) is 10.2 Å². The van der Waals surface area contributed by atoms with Gasteiger partial charge in [-0.1, -0.05) is 93.9 Å². The van der Waals surface area contributed by atoms with Crippen molar-refractivity contribution in [2.75, 3.05) is 7.05 Å². The number of carbonyl (C=O) groups excluding carboxylic acids is 2. The van der Waals surface area contributed by atoms with Gasteiger partial charge in [0.2, 0.25) is 5.91 Å². The van der Waals surface area contributed by atoms with Crippen LogP contribution in [0.25, 0.3) is 11.1 Å². The van der Waals surface area contributed by atoms with Crippen molar-refractivity contribution in [3.63, 3.8) is 0 Å². The summed E-state index contributed by atoms with van der Waals surface area (Å²) in [7, 11) is 1.72. The number of nitrogens with zero attached hydrogens (tertiary/aromatic N) is 1. The number of rotatable bonds is 10. The Kier molecular flexibility index (Phi) is 8.80. The zero-order valence-electron chi connectivity index (χ0n) is 21.1. The maximum atomic E-state index is 13.9. The Hall–Kier alpha value is -3.47. The van der Waals surface area contributed by atoms with E-state index < -0.39 is 5.54 Å². The van der Waals surface area contributed by atoms with Gasteiger partial charge in [-0.05, 0) is 46.7 Å². The van der Waals surface area contributed by atoms with Gasteiger partial charge in [0.25, 0.3) is 5.91 Å². The summed E-state index contributed by atoms with van der Waals surface area (Å²) >= 11 is 0. The standard InChI is InChI=1S/C30H35FN2O2/c1-5-6-12-28(34)33(4)30(22(2)3,29(35)32-21-23-13-19-27(31)20-14-23)26-17-15-25(16-18-26)24-10-8-7-9-11-24/h7-11,13-20,22H,5-6,12,21H2,1-4H3,(H,32,35)/t30-/m1/s1. The zero-order valence-corrected chi connectivity index (χ0v) is 21.1. The average molecular weight is 475 g/mol. The Balaban J connectivity index is 2.01. The highest BCUT2D eigenvalue weighted by Gasteiger charge is 2.48. The molecule has 1 N–H and O–H groups in total. The maximum Gasteiger partial charge on any atom is 0.251 e. The predicted octanol–water partition coefficient (Wildman–Crippen LogP) is 6.31. The second-order valence-electron chi connectivity index (χ2n) is 9.23. The van der Waals surface area contributed by atoms with Crippen molar-refractivity contribution in [1.29, 1.82) is 0 Å². The van der Waals surface area contributed by atoms with Crippen LogP contribution in [0.2, 0.25) is 0 Å². The van der Waals surface area contributed by atoms with Crippen LogP contribution in [0.15, 0.2) is 78.9 Å². The average Bonchev–Trinajstić information content (AvgIpc) is 2.88. The highest BCUT2D eigenvalue weighted by molar-refractivity contribution is 5.93. The Morgan fingerprint density at radius 3 is 2.09 bits per heavy atom. The van der Waals surface area contributed by atoms with Crippen LogP contribution >= 0.6 is 0 Å². The van der Waals surface area contributed by atoms with Crippen molar-refractivity contribution in [3.8, 4) is 11.1 Å². The monoisotopic (exact) mass is 474 g/mol. The van der Waals surface area contributed by atoms with Gasteiger partial charge in [0.05, 0.1) is 0 Å². The van der Waals surface area contributed by atoms with E-state index in [0.717, 1.165) is 35.1 Å². The number of hydrogen-bond acceptors (Lipinski definition) is 2. The van der Waals surface area contributed by atoms with Crippen molar-refractivity contribution in [3.05, 3.63) is 95.8 Å². The molecule has 0 heterocycles. The largest absolute Gasteiger partial charge is 0.350 e. The number of nitrogens with one attached hydrogen (secondary N) is 1. The van der Waals surface area contributed by atoms with E-state index in [1.807, 2.05) is 75.4 Å². The smallest absolute Gasteiger partial charge is 0.251 e. The molecule has 0 spiro atoms. The molecule has 5 heteroatoms. The molecule has 0 radical (unpaired) electrons. The van der Waals surface area contributed by atoms with Crippen molar-refractivity contribution < 1.29 is 14.0 Å². The summed E-state index contributed by atoms with van der Waals surface area (Å²) in [4.78, 5) is 28.8. The van der Waals surface area contributed by atoms with Crippen LogP contribution in [-0.2, 0) is 21.7 Å². The number of hydrogen-bond donors (Lipinski definition) is 1. The zero-order chi connectivity index (χ0) is 25.4. The molecule has 0 aliphatic rings. The summed E-state index contributed by atoms with van der Waals surface area (Å²) in [5.74, 6) is -0.841. The summed E-state index contributed by atoms with van der Waals surface area (Å²) < 4.78 is 13.3. The second kappa shape index (κ2) is 11.8. The van der Waals surface area contributed by atoms with Gasteiger partial charge in [0.1, 0.15) is 11.4 Å². The molecule has 0 aromatic heterocycles. The van der Waals surface area contributed by atoms with E-state index in [4.69, 9.17) is 0 Å². The maximum absolute atomic E-state index is 13.9. The van der Waals surface area contributed by atoms with E-state index in [0.29, 0.717) is 6.42 Å². The fraction of sp³-hybridized carbons (Fsp3) is 0.333. The second-order valence-corrected chi connectivity index (χ2v) is 9.23. The summed E-state index contributed by atoms with van der Waals surface area (Å²) in [5.41, 5.74) is 2.48. The van der Waals surface area contributed by atoms with Crippen molar-refractivity contribution in [2.45, 2.75) is 52.1 Å². The number of amides is 2. The number of likely N-dealkylation sites (N-methyl/N-ethyl adjacent to an activating group) is 1. The van der Waals surface area contributed by atoms with Gasteiger partial charge in [-0.2, -0.15) is 0 Å². The minimum atomic E-state index is -1.19. The fourth-order valence-corrected chi connectivity index (χ4v) is 4.62. The lowest BCUT2D eigenvalue weighted by Gasteiger charge is -2.44. The summed E-state index contributed by atoms with van der Waals surface area (Å²) in [6, 6.07) is 24.0. The molecule has 3 rings (SSSR count). The molecule has 0 bridgehead atoms. The molecule has 0 unspecified atom stereocenters. The highest BCUT2D eigenvalue weighted by atomic mass is 19.1. The van der Waals surface area contributed by atoms with Crippen LogP contribution < -0.4 is 5.32 Å². The third-order valence-corrected chi connectivity index (χ3v) is 6.63. The predicted molar refractivity (Wildman–Crippen MR) is 139 cm³/mol. The third kappa shape index (κ3) is 5.79. The first-order chi connectivity index (χ1) is 16.8. The molecule has 1 atom stereocenters. The first-order valence-electron chi connectivity index (χ1n) is 12.3. The Morgan fingerprint density at radius 1 is 0.914 bits per heavy atom. The van der Waals surface area contributed by atoms with Crippen LogP contribution in [-0.4, -0.2) is 23.8 Å². The molecular formula is C30H35FN2O2. The summed E-state index contributed by atoms with van der Waals surface area (Å²) in [6.07, 6.45) is 2.05. The van der Waals surface area contributed by atoms with Gasteiger partial charge in [-0.3, -0.25) is 9.59 Å². The first kappa shape index (κ1) is 26.1. The Bertz CT molecular complexity index is 1110. The van der Waals surface area contributed by atoms with Crippen LogP contribution in [0.4, 0.5) is 4.39 Å². The molecule has 184 valence electrons. The molecule has 35 heavy (non-hydrogen) atoms. The number of benzene rings is 3. The minimum Gasteiger partial charge on any atom is -0.350 e. The molecule has 0 saturated carbocycles. The number of carbonyl (C=O) groups is 2. The molecule has 0 aliphatic carbocycles. The third-order valence-electron chi connectivity index (χ3n) is 6.63. The minimum absolute atomic E-state index is 0.0652. The lowest BCUT2D eigenvalue weighted by molar-refractivity contribution is -0.150. The van der Waals surface area contributed by atoms with E-state index in [9.17, 15) is 14.0 Å². The molecular weight excluding hydrogens is 439 g/mol.